The molecule has 1 heterocycles. The van der Waals surface area contributed by atoms with Crippen molar-refractivity contribution >= 4 is 11.8 Å². The molecule has 2 amide bonds. The average molecular weight is 300 g/mol. The first kappa shape index (κ1) is 15.1. The van der Waals surface area contributed by atoms with Gasteiger partial charge in [-0.05, 0) is 24.8 Å². The predicted octanol–water partition coefficient (Wildman–Crippen LogP) is 2.44. The van der Waals surface area contributed by atoms with Gasteiger partial charge in [-0.15, -0.1) is 0 Å². The largest absolute Gasteiger partial charge is 0.340 e. The Balaban J connectivity index is 1.73. The molecule has 1 aliphatic heterocycles. The molecule has 1 saturated heterocycles. The molecule has 1 aliphatic carbocycles. The molecule has 3 rings (SSSR count). The van der Waals surface area contributed by atoms with Crippen molar-refractivity contribution in [3.63, 3.8) is 0 Å². The number of hydrogen-bond donors (Lipinski definition) is 0. The smallest absolute Gasteiger partial charge is 0.225 e. The first-order chi connectivity index (χ1) is 10.7. The Morgan fingerprint density at radius 2 is 1.95 bits per heavy atom. The Labute approximate surface area is 132 Å². The highest BCUT2D eigenvalue weighted by molar-refractivity contribution is 5.83. The van der Waals surface area contributed by atoms with Gasteiger partial charge in [-0.25, -0.2) is 0 Å². The zero-order valence-electron chi connectivity index (χ0n) is 13.2. The van der Waals surface area contributed by atoms with Crippen molar-refractivity contribution in [3.8, 4) is 0 Å². The van der Waals surface area contributed by atoms with Crippen molar-refractivity contribution in [2.75, 3.05) is 13.1 Å². The Kier molecular flexibility index (Phi) is 4.46. The SMILES string of the molecule is CC[C@H]1CN(C(=O)C2CC2)CCC(=O)N1Cc1ccccc1. The summed E-state index contributed by atoms with van der Waals surface area (Å²) < 4.78 is 0. The van der Waals surface area contributed by atoms with Gasteiger partial charge in [-0.1, -0.05) is 37.3 Å². The van der Waals surface area contributed by atoms with Crippen LogP contribution in [-0.4, -0.2) is 40.7 Å². The van der Waals surface area contributed by atoms with E-state index >= 15 is 0 Å². The molecular weight excluding hydrogens is 276 g/mol. The number of amides is 2. The molecule has 1 aromatic rings. The minimum absolute atomic E-state index is 0.123. The molecule has 0 unspecified atom stereocenters. The van der Waals surface area contributed by atoms with Crippen LogP contribution in [0.3, 0.4) is 0 Å². The third kappa shape index (κ3) is 3.32. The monoisotopic (exact) mass is 300 g/mol. The van der Waals surface area contributed by atoms with Crippen molar-refractivity contribution < 1.29 is 9.59 Å². The molecule has 0 radical (unpaired) electrons. The van der Waals surface area contributed by atoms with Crippen LogP contribution in [0.4, 0.5) is 0 Å². The zero-order chi connectivity index (χ0) is 15.5. The van der Waals surface area contributed by atoms with E-state index in [1.807, 2.05) is 28.0 Å². The Morgan fingerprint density at radius 1 is 1.23 bits per heavy atom. The second kappa shape index (κ2) is 6.51. The molecule has 1 saturated carbocycles. The van der Waals surface area contributed by atoms with Gasteiger partial charge in [-0.3, -0.25) is 9.59 Å². The van der Waals surface area contributed by atoms with Crippen LogP contribution in [0.15, 0.2) is 30.3 Å². The van der Waals surface area contributed by atoms with E-state index in [-0.39, 0.29) is 23.8 Å². The lowest BCUT2D eigenvalue weighted by Gasteiger charge is -2.31. The highest BCUT2D eigenvalue weighted by Crippen LogP contribution is 2.32. The number of nitrogens with zero attached hydrogens (tertiary/aromatic N) is 2. The van der Waals surface area contributed by atoms with Crippen molar-refractivity contribution in [1.29, 1.82) is 0 Å². The maximum Gasteiger partial charge on any atom is 0.225 e. The second-order valence-corrected chi connectivity index (χ2v) is 6.38. The molecule has 1 aromatic carbocycles. The van der Waals surface area contributed by atoms with Crippen molar-refractivity contribution in [2.24, 2.45) is 5.92 Å². The van der Waals surface area contributed by atoms with Crippen LogP contribution in [0.2, 0.25) is 0 Å². The summed E-state index contributed by atoms with van der Waals surface area (Å²) in [5, 5.41) is 0. The van der Waals surface area contributed by atoms with Crippen LogP contribution < -0.4 is 0 Å². The van der Waals surface area contributed by atoms with Crippen LogP contribution in [0, 0.1) is 5.92 Å². The summed E-state index contributed by atoms with van der Waals surface area (Å²) in [4.78, 5) is 28.8. The number of rotatable bonds is 4. The molecule has 1 atom stereocenters. The van der Waals surface area contributed by atoms with Gasteiger partial charge in [0, 0.05) is 38.0 Å². The molecule has 4 nitrogen and oxygen atoms in total. The standard InChI is InChI=1S/C18H24N2O2/c1-2-16-13-19(18(22)15-8-9-15)11-10-17(21)20(16)12-14-6-4-3-5-7-14/h3-7,15-16H,2,8-13H2,1H3/t16-/m0/s1. The predicted molar refractivity (Wildman–Crippen MR) is 85.0 cm³/mol. The van der Waals surface area contributed by atoms with Crippen LogP contribution in [0.5, 0.6) is 0 Å². The van der Waals surface area contributed by atoms with Crippen molar-refractivity contribution in [2.45, 2.75) is 45.2 Å². The van der Waals surface area contributed by atoms with Crippen LogP contribution in [0.1, 0.15) is 38.2 Å². The summed E-state index contributed by atoms with van der Waals surface area (Å²) in [6, 6.07) is 10.2. The molecule has 0 N–H and O–H groups in total. The first-order valence-corrected chi connectivity index (χ1v) is 8.31. The Morgan fingerprint density at radius 3 is 2.59 bits per heavy atom. The molecule has 2 fully saturated rings. The maximum absolute atomic E-state index is 12.5. The highest BCUT2D eigenvalue weighted by Gasteiger charge is 2.37. The van der Waals surface area contributed by atoms with E-state index in [0.717, 1.165) is 24.8 Å². The minimum atomic E-state index is 0.123. The maximum atomic E-state index is 12.5. The van der Waals surface area contributed by atoms with E-state index in [0.29, 0.717) is 26.1 Å². The van der Waals surface area contributed by atoms with Gasteiger partial charge < -0.3 is 9.80 Å². The first-order valence-electron chi connectivity index (χ1n) is 8.31. The summed E-state index contributed by atoms with van der Waals surface area (Å²) in [7, 11) is 0. The highest BCUT2D eigenvalue weighted by atomic mass is 16.2. The lowest BCUT2D eigenvalue weighted by molar-refractivity contribution is -0.134. The third-order valence-electron chi connectivity index (χ3n) is 4.69. The second-order valence-electron chi connectivity index (χ2n) is 6.38. The normalized spacial score (nSPS) is 22.6. The van der Waals surface area contributed by atoms with E-state index in [4.69, 9.17) is 0 Å². The number of carbonyl (C=O) groups excluding carboxylic acids is 2. The molecular formula is C18H24N2O2. The Bertz CT molecular complexity index is 539. The lowest BCUT2D eigenvalue weighted by atomic mass is 10.1. The van der Waals surface area contributed by atoms with Gasteiger partial charge in [0.25, 0.3) is 0 Å². The fourth-order valence-electron chi connectivity index (χ4n) is 3.16. The van der Waals surface area contributed by atoms with Gasteiger partial charge in [0.2, 0.25) is 11.8 Å². The molecule has 0 spiro atoms. The average Bonchev–Trinajstić information content (AvgIpc) is 3.38. The van der Waals surface area contributed by atoms with E-state index in [1.54, 1.807) is 0 Å². The lowest BCUT2D eigenvalue weighted by Crippen LogP contribution is -2.44. The van der Waals surface area contributed by atoms with Gasteiger partial charge in [0.15, 0.2) is 0 Å². The fraction of sp³-hybridized carbons (Fsp3) is 0.556. The summed E-state index contributed by atoms with van der Waals surface area (Å²) in [6.45, 7) is 4.01. The molecule has 0 bridgehead atoms. The van der Waals surface area contributed by atoms with Gasteiger partial charge >= 0.3 is 0 Å². The van der Waals surface area contributed by atoms with E-state index < -0.39 is 0 Å². The molecule has 22 heavy (non-hydrogen) atoms. The third-order valence-corrected chi connectivity index (χ3v) is 4.69. The topological polar surface area (TPSA) is 40.6 Å². The molecule has 0 aromatic heterocycles. The van der Waals surface area contributed by atoms with Crippen LogP contribution >= 0.6 is 0 Å². The molecule has 2 aliphatic rings. The fourth-order valence-corrected chi connectivity index (χ4v) is 3.16. The van der Waals surface area contributed by atoms with Crippen molar-refractivity contribution in [1.82, 2.24) is 9.80 Å². The molecule has 118 valence electrons. The van der Waals surface area contributed by atoms with E-state index in [1.165, 1.54) is 0 Å². The summed E-state index contributed by atoms with van der Waals surface area (Å²) >= 11 is 0. The summed E-state index contributed by atoms with van der Waals surface area (Å²) in [6.07, 6.45) is 3.37. The Hall–Kier alpha value is -1.84. The van der Waals surface area contributed by atoms with Crippen LogP contribution in [-0.2, 0) is 16.1 Å². The zero-order valence-corrected chi connectivity index (χ0v) is 13.2. The van der Waals surface area contributed by atoms with Gasteiger partial charge in [0.1, 0.15) is 0 Å². The number of carbonyl (C=O) groups is 2. The van der Waals surface area contributed by atoms with Gasteiger partial charge in [0.05, 0.1) is 0 Å². The molecule has 4 heteroatoms. The van der Waals surface area contributed by atoms with E-state index in [2.05, 4.69) is 19.1 Å². The summed E-state index contributed by atoms with van der Waals surface area (Å²) in [5.74, 6) is 0.655. The number of benzene rings is 1. The quantitative estimate of drug-likeness (QED) is 0.857. The number of hydrogen-bond acceptors (Lipinski definition) is 2. The minimum Gasteiger partial charge on any atom is -0.340 e. The van der Waals surface area contributed by atoms with Crippen molar-refractivity contribution in [3.05, 3.63) is 35.9 Å². The van der Waals surface area contributed by atoms with Crippen LogP contribution in [0.25, 0.3) is 0 Å². The summed E-state index contributed by atoms with van der Waals surface area (Å²) in [5.41, 5.74) is 1.15. The van der Waals surface area contributed by atoms with E-state index in [9.17, 15) is 9.59 Å². The van der Waals surface area contributed by atoms with Gasteiger partial charge in [-0.2, -0.15) is 0 Å².